The number of esters is 2. The number of allylic oxidation sites excluding steroid dienone is 10. The van der Waals surface area contributed by atoms with Crippen molar-refractivity contribution in [2.24, 2.45) is 0 Å². The molecule has 52 heavy (non-hydrogen) atoms. The van der Waals surface area contributed by atoms with Crippen molar-refractivity contribution in [2.75, 3.05) is 41.0 Å². The van der Waals surface area contributed by atoms with Gasteiger partial charge in [0.05, 0.1) is 34.4 Å². The predicted octanol–water partition coefficient (Wildman–Crippen LogP) is 10.6. The highest BCUT2D eigenvalue weighted by Gasteiger charge is 2.31. The largest absolute Gasteiger partial charge is 0.477 e. The standard InChI is InChI=1S/C44H75NO7/c1-6-8-10-12-14-16-18-20-21-23-25-27-29-31-33-35-43(47)52-40(38-50-37-36-41(44(48)49)45(3,4)5)39-51-42(46)34-32-30-28-26-24-22-19-17-15-13-11-9-7-2/h8,10,12,14,16,18,20-22,24,40-41H,6-7,9,11,13,15,17,19,23,25-39H2,1-5H3/p+1/b10-8+,14-12+,18-16+,21-20+,24-22+. The van der Waals surface area contributed by atoms with Gasteiger partial charge in [-0.2, -0.15) is 0 Å². The zero-order chi connectivity index (χ0) is 38.5. The van der Waals surface area contributed by atoms with E-state index < -0.39 is 18.1 Å². The summed E-state index contributed by atoms with van der Waals surface area (Å²) < 4.78 is 17.2. The number of unbranched alkanes of at least 4 members (excludes halogenated alkanes) is 14. The molecule has 0 rings (SSSR count). The number of carbonyl (C=O) groups is 3. The van der Waals surface area contributed by atoms with E-state index in [0.717, 1.165) is 77.0 Å². The Hall–Kier alpha value is -2.97. The summed E-state index contributed by atoms with van der Waals surface area (Å²) in [5, 5.41) is 9.60. The number of carboxylic acids is 1. The van der Waals surface area contributed by atoms with Gasteiger partial charge in [-0.25, -0.2) is 4.79 Å². The van der Waals surface area contributed by atoms with Gasteiger partial charge in [-0.1, -0.05) is 132 Å². The van der Waals surface area contributed by atoms with Gasteiger partial charge in [0.1, 0.15) is 6.61 Å². The average Bonchev–Trinajstić information content (AvgIpc) is 3.09. The van der Waals surface area contributed by atoms with Crippen molar-refractivity contribution in [3.63, 3.8) is 0 Å². The number of likely N-dealkylation sites (N-methyl/N-ethyl adjacent to an activating group) is 1. The van der Waals surface area contributed by atoms with Gasteiger partial charge in [-0.15, -0.1) is 0 Å². The highest BCUT2D eigenvalue weighted by molar-refractivity contribution is 5.72. The predicted molar refractivity (Wildman–Crippen MR) is 215 cm³/mol. The summed E-state index contributed by atoms with van der Waals surface area (Å²) in [4.78, 5) is 36.8. The fraction of sp³-hybridized carbons (Fsp3) is 0.705. The van der Waals surface area contributed by atoms with Crippen molar-refractivity contribution in [1.29, 1.82) is 0 Å². The molecule has 0 aliphatic rings. The van der Waals surface area contributed by atoms with E-state index in [1.165, 1.54) is 38.5 Å². The molecule has 0 fully saturated rings. The quantitative estimate of drug-likeness (QED) is 0.0228. The summed E-state index contributed by atoms with van der Waals surface area (Å²) in [6.45, 7) is 4.53. The van der Waals surface area contributed by atoms with Crippen LogP contribution in [0.15, 0.2) is 60.8 Å². The molecule has 2 atom stereocenters. The monoisotopic (exact) mass is 731 g/mol. The Labute approximate surface area is 318 Å². The van der Waals surface area contributed by atoms with E-state index in [1.807, 2.05) is 51.5 Å². The molecule has 1 N–H and O–H groups in total. The van der Waals surface area contributed by atoms with Crippen molar-refractivity contribution in [1.82, 2.24) is 0 Å². The second-order valence-corrected chi connectivity index (χ2v) is 14.6. The molecule has 8 nitrogen and oxygen atoms in total. The summed E-state index contributed by atoms with van der Waals surface area (Å²) in [5.41, 5.74) is 0. The van der Waals surface area contributed by atoms with Crippen molar-refractivity contribution in [2.45, 2.75) is 161 Å². The van der Waals surface area contributed by atoms with Crippen molar-refractivity contribution in [3.8, 4) is 0 Å². The first-order valence-corrected chi connectivity index (χ1v) is 20.4. The molecule has 0 aromatic rings. The topological polar surface area (TPSA) is 99.1 Å². The minimum atomic E-state index is -0.884. The van der Waals surface area contributed by atoms with Crippen LogP contribution in [0.1, 0.15) is 149 Å². The maximum atomic E-state index is 12.7. The highest BCUT2D eigenvalue weighted by Crippen LogP contribution is 2.13. The van der Waals surface area contributed by atoms with Crippen LogP contribution in [0.3, 0.4) is 0 Å². The number of hydrogen-bond donors (Lipinski definition) is 1. The van der Waals surface area contributed by atoms with Crippen LogP contribution in [-0.2, 0) is 28.6 Å². The molecule has 0 saturated carbocycles. The maximum Gasteiger partial charge on any atom is 0.362 e. The third kappa shape index (κ3) is 32.9. The Morgan fingerprint density at radius 2 is 1.10 bits per heavy atom. The molecule has 0 aromatic carbocycles. The number of quaternary nitrogens is 1. The lowest BCUT2D eigenvalue weighted by molar-refractivity contribution is -0.887. The number of carboxylic acid groups (broad SMARTS) is 1. The van der Waals surface area contributed by atoms with Gasteiger partial charge in [0, 0.05) is 19.3 Å². The molecule has 0 radical (unpaired) electrons. The third-order valence-electron chi connectivity index (χ3n) is 8.75. The fourth-order valence-electron chi connectivity index (χ4n) is 5.57. The summed E-state index contributed by atoms with van der Waals surface area (Å²) in [7, 11) is 5.50. The van der Waals surface area contributed by atoms with Gasteiger partial charge < -0.3 is 23.8 Å². The van der Waals surface area contributed by atoms with Crippen LogP contribution in [0.4, 0.5) is 0 Å². The number of nitrogens with zero attached hydrogens (tertiary/aromatic N) is 1. The number of ether oxygens (including phenoxy) is 3. The molecule has 8 heteroatoms. The van der Waals surface area contributed by atoms with Crippen molar-refractivity contribution < 1.29 is 38.2 Å². The van der Waals surface area contributed by atoms with Crippen LogP contribution in [0.5, 0.6) is 0 Å². The number of hydrogen-bond acceptors (Lipinski definition) is 6. The van der Waals surface area contributed by atoms with Crippen molar-refractivity contribution >= 4 is 17.9 Å². The maximum absolute atomic E-state index is 12.7. The van der Waals surface area contributed by atoms with Crippen molar-refractivity contribution in [3.05, 3.63) is 60.8 Å². The Kier molecular flexibility index (Phi) is 33.1. The van der Waals surface area contributed by atoms with Gasteiger partial charge in [0.15, 0.2) is 12.1 Å². The van der Waals surface area contributed by atoms with Gasteiger partial charge >= 0.3 is 17.9 Å². The molecule has 0 heterocycles. The first kappa shape index (κ1) is 49.0. The smallest absolute Gasteiger partial charge is 0.362 e. The van der Waals surface area contributed by atoms with E-state index >= 15 is 0 Å². The van der Waals surface area contributed by atoms with Gasteiger partial charge in [0.25, 0.3) is 0 Å². The van der Waals surface area contributed by atoms with Crippen LogP contribution in [0.2, 0.25) is 0 Å². The first-order valence-electron chi connectivity index (χ1n) is 20.4. The van der Waals surface area contributed by atoms with E-state index in [2.05, 4.69) is 44.2 Å². The molecule has 0 aliphatic heterocycles. The summed E-state index contributed by atoms with van der Waals surface area (Å²) in [6, 6.07) is -0.622. The minimum Gasteiger partial charge on any atom is -0.477 e. The molecular formula is C44H76NO7+. The van der Waals surface area contributed by atoms with E-state index in [1.54, 1.807) is 0 Å². The van der Waals surface area contributed by atoms with Crippen LogP contribution in [0.25, 0.3) is 0 Å². The molecule has 0 bridgehead atoms. The molecule has 0 amide bonds. The van der Waals surface area contributed by atoms with Gasteiger partial charge in [-0.3, -0.25) is 9.59 Å². The summed E-state index contributed by atoms with van der Waals surface area (Å²) in [5.74, 6) is -1.53. The number of carbonyl (C=O) groups excluding carboxylic acids is 2. The second kappa shape index (κ2) is 35.1. The zero-order valence-electron chi connectivity index (χ0n) is 33.7. The van der Waals surface area contributed by atoms with Crippen LogP contribution >= 0.6 is 0 Å². The fourth-order valence-corrected chi connectivity index (χ4v) is 5.57. The third-order valence-corrected chi connectivity index (χ3v) is 8.75. The van der Waals surface area contributed by atoms with Crippen LogP contribution in [0, 0.1) is 0 Å². The SMILES string of the molecule is CC/C=C/C=C/C=C/C=C/CCCCCCCC(=O)OC(COCCC(C(=O)O)[N+](C)(C)C)COC(=O)CCCCC/C=C/CCCCCCCC. The van der Waals surface area contributed by atoms with Crippen LogP contribution in [-0.4, -0.2) is 80.6 Å². The second-order valence-electron chi connectivity index (χ2n) is 14.6. The van der Waals surface area contributed by atoms with Crippen LogP contribution < -0.4 is 0 Å². The zero-order valence-corrected chi connectivity index (χ0v) is 33.7. The van der Waals surface area contributed by atoms with E-state index in [4.69, 9.17) is 14.2 Å². The molecule has 0 spiro atoms. The lowest BCUT2D eigenvalue weighted by Gasteiger charge is -2.31. The summed E-state index contributed by atoms with van der Waals surface area (Å²) >= 11 is 0. The van der Waals surface area contributed by atoms with E-state index in [-0.39, 0.29) is 36.2 Å². The first-order chi connectivity index (χ1) is 25.1. The lowest BCUT2D eigenvalue weighted by Crippen LogP contribution is -2.50. The van der Waals surface area contributed by atoms with Gasteiger partial charge in [-0.05, 0) is 57.8 Å². The number of aliphatic carboxylic acids is 1. The Balaban J connectivity index is 4.48. The average molecular weight is 731 g/mol. The molecule has 2 unspecified atom stereocenters. The Morgan fingerprint density at radius 3 is 1.67 bits per heavy atom. The Bertz CT molecular complexity index is 1040. The molecular weight excluding hydrogens is 654 g/mol. The van der Waals surface area contributed by atoms with Gasteiger partial charge in [0.2, 0.25) is 0 Å². The summed E-state index contributed by atoms with van der Waals surface area (Å²) in [6.07, 6.45) is 41.2. The normalized spacial score (nSPS) is 13.6. The number of rotatable bonds is 35. The Morgan fingerprint density at radius 1 is 0.596 bits per heavy atom. The molecule has 0 saturated heterocycles. The van der Waals surface area contributed by atoms with E-state index in [9.17, 15) is 19.5 Å². The molecule has 298 valence electrons. The van der Waals surface area contributed by atoms with E-state index in [0.29, 0.717) is 19.3 Å². The highest BCUT2D eigenvalue weighted by atomic mass is 16.6. The minimum absolute atomic E-state index is 0.0441. The molecule has 0 aliphatic carbocycles. The lowest BCUT2D eigenvalue weighted by atomic mass is 10.1. The molecule has 0 aromatic heterocycles.